The molecule has 0 saturated heterocycles. The van der Waals surface area contributed by atoms with Gasteiger partial charge in [0.15, 0.2) is 0 Å². The Bertz CT molecular complexity index is 306. The van der Waals surface area contributed by atoms with Gasteiger partial charge in [-0.25, -0.2) is 0 Å². The van der Waals surface area contributed by atoms with Crippen molar-refractivity contribution in [2.45, 2.75) is 5.25 Å². The highest BCUT2D eigenvalue weighted by atomic mass is 32.2. The summed E-state index contributed by atoms with van der Waals surface area (Å²) in [6.45, 7) is 0. The standard InChI is InChI=1S/C10H10OS/c11-9-5-2-1-4-8(9)10-6-3-7-12-10/h1-6,10-11H,7H2. The molecular weight excluding hydrogens is 168 g/mol. The molecule has 2 heteroatoms. The highest BCUT2D eigenvalue weighted by molar-refractivity contribution is 8.00. The minimum atomic E-state index is 0.353. The minimum absolute atomic E-state index is 0.353. The van der Waals surface area contributed by atoms with Crippen molar-refractivity contribution >= 4 is 11.8 Å². The quantitative estimate of drug-likeness (QED) is 0.667. The van der Waals surface area contributed by atoms with E-state index in [2.05, 4.69) is 12.2 Å². The maximum atomic E-state index is 9.52. The van der Waals surface area contributed by atoms with Gasteiger partial charge in [-0.3, -0.25) is 0 Å². The van der Waals surface area contributed by atoms with Crippen molar-refractivity contribution in [3.63, 3.8) is 0 Å². The first-order chi connectivity index (χ1) is 5.88. The molecule has 0 aromatic heterocycles. The number of hydrogen-bond acceptors (Lipinski definition) is 2. The van der Waals surface area contributed by atoms with Crippen molar-refractivity contribution in [2.24, 2.45) is 0 Å². The lowest BCUT2D eigenvalue weighted by Gasteiger charge is -2.08. The van der Waals surface area contributed by atoms with Gasteiger partial charge in [0.25, 0.3) is 0 Å². The van der Waals surface area contributed by atoms with E-state index in [1.54, 1.807) is 6.07 Å². The van der Waals surface area contributed by atoms with Crippen molar-refractivity contribution < 1.29 is 5.11 Å². The highest BCUT2D eigenvalue weighted by Gasteiger charge is 2.14. The van der Waals surface area contributed by atoms with Gasteiger partial charge < -0.3 is 5.11 Å². The number of benzene rings is 1. The molecule has 0 radical (unpaired) electrons. The van der Waals surface area contributed by atoms with E-state index in [1.165, 1.54) is 0 Å². The van der Waals surface area contributed by atoms with Crippen LogP contribution < -0.4 is 0 Å². The summed E-state index contributed by atoms with van der Waals surface area (Å²) in [6, 6.07) is 7.52. The van der Waals surface area contributed by atoms with Gasteiger partial charge >= 0.3 is 0 Å². The lowest BCUT2D eigenvalue weighted by Crippen LogP contribution is -1.86. The molecule has 2 rings (SSSR count). The number of aromatic hydroxyl groups is 1. The molecule has 1 N–H and O–H groups in total. The Kier molecular flexibility index (Phi) is 2.09. The van der Waals surface area contributed by atoms with E-state index in [4.69, 9.17) is 0 Å². The Morgan fingerprint density at radius 1 is 1.33 bits per heavy atom. The zero-order valence-corrected chi connectivity index (χ0v) is 7.42. The number of para-hydroxylation sites is 1. The van der Waals surface area contributed by atoms with E-state index in [-0.39, 0.29) is 0 Å². The van der Waals surface area contributed by atoms with E-state index in [9.17, 15) is 5.11 Å². The number of phenols is 1. The Labute approximate surface area is 76.1 Å². The van der Waals surface area contributed by atoms with Crippen LogP contribution in [0.5, 0.6) is 5.75 Å². The van der Waals surface area contributed by atoms with Gasteiger partial charge in [-0.15, -0.1) is 11.8 Å². The highest BCUT2D eigenvalue weighted by Crippen LogP contribution is 2.38. The van der Waals surface area contributed by atoms with Gasteiger partial charge in [0.05, 0.1) is 5.25 Å². The summed E-state index contributed by atoms with van der Waals surface area (Å²) < 4.78 is 0. The third-order valence-corrected chi connectivity index (χ3v) is 3.08. The fourth-order valence-corrected chi connectivity index (χ4v) is 2.35. The normalized spacial score (nSPS) is 21.5. The SMILES string of the molecule is Oc1ccccc1C1C=CCS1. The Morgan fingerprint density at radius 3 is 2.83 bits per heavy atom. The molecule has 1 nitrogen and oxygen atoms in total. The molecule has 1 aliphatic rings. The summed E-state index contributed by atoms with van der Waals surface area (Å²) in [4.78, 5) is 0. The molecule has 0 saturated carbocycles. The maximum absolute atomic E-state index is 9.52. The molecule has 1 atom stereocenters. The predicted octanol–water partition coefficient (Wildman–Crippen LogP) is 2.74. The van der Waals surface area contributed by atoms with Crippen LogP contribution in [0.4, 0.5) is 0 Å². The maximum Gasteiger partial charge on any atom is 0.120 e. The summed E-state index contributed by atoms with van der Waals surface area (Å²) in [5, 5.41) is 9.88. The average molecular weight is 178 g/mol. The van der Waals surface area contributed by atoms with Crippen LogP contribution in [0.25, 0.3) is 0 Å². The summed E-state index contributed by atoms with van der Waals surface area (Å²) in [5.74, 6) is 1.46. The molecule has 12 heavy (non-hydrogen) atoms. The van der Waals surface area contributed by atoms with Crippen LogP contribution in [-0.2, 0) is 0 Å². The lowest BCUT2D eigenvalue weighted by atomic mass is 10.1. The number of rotatable bonds is 1. The fourth-order valence-electron chi connectivity index (χ4n) is 1.32. The molecule has 0 bridgehead atoms. The van der Waals surface area contributed by atoms with Crippen molar-refractivity contribution in [1.29, 1.82) is 0 Å². The van der Waals surface area contributed by atoms with Crippen LogP contribution in [0.1, 0.15) is 10.8 Å². The molecule has 1 aromatic rings. The van der Waals surface area contributed by atoms with E-state index in [0.29, 0.717) is 11.0 Å². The Balaban J connectivity index is 2.33. The number of hydrogen-bond donors (Lipinski definition) is 1. The summed E-state index contributed by atoms with van der Waals surface area (Å²) in [6.07, 6.45) is 4.28. The van der Waals surface area contributed by atoms with Gasteiger partial charge in [-0.05, 0) is 6.07 Å². The second-order valence-corrected chi connectivity index (χ2v) is 3.92. The van der Waals surface area contributed by atoms with Crippen LogP contribution in [-0.4, -0.2) is 10.9 Å². The first-order valence-corrected chi connectivity index (χ1v) is 4.99. The van der Waals surface area contributed by atoms with Gasteiger partial charge in [0.1, 0.15) is 5.75 Å². The fraction of sp³-hybridized carbons (Fsp3) is 0.200. The summed E-state index contributed by atoms with van der Waals surface area (Å²) in [7, 11) is 0. The second kappa shape index (κ2) is 3.23. The van der Waals surface area contributed by atoms with Gasteiger partial charge in [0.2, 0.25) is 0 Å². The zero-order valence-electron chi connectivity index (χ0n) is 6.60. The molecular formula is C10H10OS. The molecule has 0 spiro atoms. The van der Waals surface area contributed by atoms with Crippen molar-refractivity contribution in [2.75, 3.05) is 5.75 Å². The van der Waals surface area contributed by atoms with Gasteiger partial charge in [-0.2, -0.15) is 0 Å². The van der Waals surface area contributed by atoms with Crippen molar-refractivity contribution in [3.05, 3.63) is 42.0 Å². The molecule has 0 fully saturated rings. The van der Waals surface area contributed by atoms with Crippen LogP contribution >= 0.6 is 11.8 Å². The summed E-state index contributed by atoms with van der Waals surface area (Å²) in [5.41, 5.74) is 1.02. The van der Waals surface area contributed by atoms with Gasteiger partial charge in [-0.1, -0.05) is 30.4 Å². The first kappa shape index (κ1) is 7.74. The minimum Gasteiger partial charge on any atom is -0.508 e. The van der Waals surface area contributed by atoms with Crippen molar-refractivity contribution in [3.8, 4) is 5.75 Å². The van der Waals surface area contributed by atoms with E-state index in [1.807, 2.05) is 30.0 Å². The Morgan fingerprint density at radius 2 is 2.17 bits per heavy atom. The van der Waals surface area contributed by atoms with Crippen LogP contribution in [0.15, 0.2) is 36.4 Å². The monoisotopic (exact) mass is 178 g/mol. The topological polar surface area (TPSA) is 20.2 Å². The first-order valence-electron chi connectivity index (χ1n) is 3.94. The molecule has 1 aromatic carbocycles. The number of phenolic OH excluding ortho intramolecular Hbond substituents is 1. The molecule has 62 valence electrons. The van der Waals surface area contributed by atoms with Crippen LogP contribution in [0.3, 0.4) is 0 Å². The van der Waals surface area contributed by atoms with Crippen LogP contribution in [0, 0.1) is 0 Å². The smallest absolute Gasteiger partial charge is 0.120 e. The summed E-state index contributed by atoms with van der Waals surface area (Å²) >= 11 is 1.84. The lowest BCUT2D eigenvalue weighted by molar-refractivity contribution is 0.469. The number of thioether (sulfide) groups is 1. The third kappa shape index (κ3) is 1.34. The average Bonchev–Trinajstić information content (AvgIpc) is 2.57. The zero-order chi connectivity index (χ0) is 8.39. The largest absolute Gasteiger partial charge is 0.508 e. The predicted molar refractivity (Wildman–Crippen MR) is 52.4 cm³/mol. The van der Waals surface area contributed by atoms with Crippen LogP contribution in [0.2, 0.25) is 0 Å². The van der Waals surface area contributed by atoms with E-state index in [0.717, 1.165) is 11.3 Å². The Hall–Kier alpha value is -0.890. The van der Waals surface area contributed by atoms with Gasteiger partial charge in [0, 0.05) is 11.3 Å². The molecule has 1 heterocycles. The third-order valence-electron chi connectivity index (χ3n) is 1.93. The molecule has 1 aliphatic heterocycles. The second-order valence-electron chi connectivity index (χ2n) is 2.74. The molecule has 0 aliphatic carbocycles. The van der Waals surface area contributed by atoms with E-state index < -0.39 is 0 Å². The molecule has 0 amide bonds. The molecule has 1 unspecified atom stereocenters. The van der Waals surface area contributed by atoms with E-state index >= 15 is 0 Å². The van der Waals surface area contributed by atoms with Crippen molar-refractivity contribution in [1.82, 2.24) is 0 Å².